The fourth-order valence-corrected chi connectivity index (χ4v) is 1.35. The molecule has 0 bridgehead atoms. The van der Waals surface area contributed by atoms with Gasteiger partial charge in [-0.05, 0) is 13.8 Å². The van der Waals surface area contributed by atoms with Crippen LogP contribution >= 0.6 is 0 Å². The molecule has 0 saturated heterocycles. The predicted octanol–water partition coefficient (Wildman–Crippen LogP) is 1.40. The van der Waals surface area contributed by atoms with Gasteiger partial charge >= 0.3 is 0 Å². The number of rotatable bonds is 3. The standard InChI is InChI=1S/C10H13N5/c1-3-12-9-6-10(14-8(2)13-9)15-5-4-11-7-15/h4-7H,3H2,1-2H3,(H,12,13,14). The van der Waals surface area contributed by atoms with Gasteiger partial charge < -0.3 is 5.32 Å². The van der Waals surface area contributed by atoms with Crippen LogP contribution in [0.15, 0.2) is 24.8 Å². The zero-order valence-corrected chi connectivity index (χ0v) is 8.81. The summed E-state index contributed by atoms with van der Waals surface area (Å²) in [5, 5.41) is 3.17. The molecule has 15 heavy (non-hydrogen) atoms. The summed E-state index contributed by atoms with van der Waals surface area (Å²) in [7, 11) is 0. The summed E-state index contributed by atoms with van der Waals surface area (Å²) in [6.45, 7) is 4.76. The van der Waals surface area contributed by atoms with E-state index in [1.54, 1.807) is 12.5 Å². The summed E-state index contributed by atoms with van der Waals surface area (Å²) in [5.41, 5.74) is 0. The minimum atomic E-state index is 0.747. The van der Waals surface area contributed by atoms with Gasteiger partial charge in [0.15, 0.2) is 0 Å². The second-order valence-corrected chi connectivity index (χ2v) is 3.16. The van der Waals surface area contributed by atoms with Crippen LogP contribution in [0.3, 0.4) is 0 Å². The Hall–Kier alpha value is -1.91. The number of hydrogen-bond acceptors (Lipinski definition) is 4. The van der Waals surface area contributed by atoms with Gasteiger partial charge in [0.05, 0.1) is 0 Å². The Balaban J connectivity index is 2.40. The van der Waals surface area contributed by atoms with Crippen LogP contribution in [0.1, 0.15) is 12.7 Å². The van der Waals surface area contributed by atoms with Crippen LogP contribution in [-0.2, 0) is 0 Å². The fraction of sp³-hybridized carbons (Fsp3) is 0.300. The molecule has 78 valence electrons. The Morgan fingerprint density at radius 1 is 1.40 bits per heavy atom. The minimum absolute atomic E-state index is 0.747. The van der Waals surface area contributed by atoms with Crippen LogP contribution in [-0.4, -0.2) is 26.1 Å². The third kappa shape index (κ3) is 2.12. The Labute approximate surface area is 88.2 Å². The van der Waals surface area contributed by atoms with Gasteiger partial charge in [0.1, 0.15) is 23.8 Å². The highest BCUT2D eigenvalue weighted by molar-refractivity contribution is 5.41. The monoisotopic (exact) mass is 203 g/mol. The fourth-order valence-electron chi connectivity index (χ4n) is 1.35. The number of anilines is 1. The zero-order valence-electron chi connectivity index (χ0n) is 8.81. The van der Waals surface area contributed by atoms with Gasteiger partial charge in [0, 0.05) is 25.0 Å². The summed E-state index contributed by atoms with van der Waals surface area (Å²) < 4.78 is 1.86. The average Bonchev–Trinajstić information content (AvgIpc) is 2.70. The molecule has 0 aliphatic heterocycles. The Bertz CT molecular complexity index is 435. The van der Waals surface area contributed by atoms with E-state index in [0.717, 1.165) is 24.0 Å². The molecular formula is C10H13N5. The van der Waals surface area contributed by atoms with Crippen LogP contribution in [0.2, 0.25) is 0 Å². The molecule has 1 N–H and O–H groups in total. The predicted molar refractivity (Wildman–Crippen MR) is 58.1 cm³/mol. The highest BCUT2D eigenvalue weighted by Gasteiger charge is 2.02. The van der Waals surface area contributed by atoms with Gasteiger partial charge in [-0.3, -0.25) is 4.57 Å². The maximum Gasteiger partial charge on any atom is 0.143 e. The maximum absolute atomic E-state index is 4.33. The molecule has 5 nitrogen and oxygen atoms in total. The normalized spacial score (nSPS) is 10.3. The molecule has 0 spiro atoms. The molecular weight excluding hydrogens is 190 g/mol. The van der Waals surface area contributed by atoms with Crippen LogP contribution < -0.4 is 5.32 Å². The highest BCUT2D eigenvalue weighted by Crippen LogP contribution is 2.10. The maximum atomic E-state index is 4.33. The topological polar surface area (TPSA) is 55.6 Å². The van der Waals surface area contributed by atoms with Crippen molar-refractivity contribution in [2.75, 3.05) is 11.9 Å². The highest BCUT2D eigenvalue weighted by atomic mass is 15.1. The lowest BCUT2D eigenvalue weighted by Crippen LogP contribution is -2.05. The van der Waals surface area contributed by atoms with Crippen molar-refractivity contribution in [3.63, 3.8) is 0 Å². The molecule has 0 fully saturated rings. The van der Waals surface area contributed by atoms with Crippen molar-refractivity contribution in [3.8, 4) is 5.82 Å². The molecule has 0 aromatic carbocycles. The van der Waals surface area contributed by atoms with Crippen molar-refractivity contribution in [1.82, 2.24) is 19.5 Å². The lowest BCUT2D eigenvalue weighted by atomic mass is 10.4. The van der Waals surface area contributed by atoms with E-state index in [2.05, 4.69) is 20.3 Å². The van der Waals surface area contributed by atoms with Crippen molar-refractivity contribution in [3.05, 3.63) is 30.6 Å². The molecule has 0 atom stereocenters. The molecule has 0 aliphatic rings. The molecule has 2 heterocycles. The molecule has 2 rings (SSSR count). The van der Waals surface area contributed by atoms with E-state index in [-0.39, 0.29) is 0 Å². The summed E-state index contributed by atoms with van der Waals surface area (Å²) in [6.07, 6.45) is 5.30. The lowest BCUT2D eigenvalue weighted by Gasteiger charge is -2.06. The van der Waals surface area contributed by atoms with E-state index in [4.69, 9.17) is 0 Å². The van der Waals surface area contributed by atoms with E-state index in [0.29, 0.717) is 0 Å². The van der Waals surface area contributed by atoms with Crippen molar-refractivity contribution >= 4 is 5.82 Å². The number of aryl methyl sites for hydroxylation is 1. The van der Waals surface area contributed by atoms with Crippen LogP contribution in [0, 0.1) is 6.92 Å². The second-order valence-electron chi connectivity index (χ2n) is 3.16. The third-order valence-electron chi connectivity index (χ3n) is 1.95. The van der Waals surface area contributed by atoms with Gasteiger partial charge in [-0.15, -0.1) is 0 Å². The van der Waals surface area contributed by atoms with E-state index in [9.17, 15) is 0 Å². The van der Waals surface area contributed by atoms with Crippen molar-refractivity contribution < 1.29 is 0 Å². The first-order valence-corrected chi connectivity index (χ1v) is 4.87. The molecule has 0 radical (unpaired) electrons. The van der Waals surface area contributed by atoms with Gasteiger partial charge in [0.25, 0.3) is 0 Å². The number of hydrogen-bond donors (Lipinski definition) is 1. The zero-order chi connectivity index (χ0) is 10.7. The molecule has 2 aromatic heterocycles. The first kappa shape index (κ1) is 9.64. The number of aromatic nitrogens is 4. The first-order valence-electron chi connectivity index (χ1n) is 4.87. The molecule has 5 heteroatoms. The van der Waals surface area contributed by atoms with Gasteiger partial charge in [-0.25, -0.2) is 15.0 Å². The van der Waals surface area contributed by atoms with E-state index < -0.39 is 0 Å². The first-order chi connectivity index (χ1) is 7.29. The summed E-state index contributed by atoms with van der Waals surface area (Å²) >= 11 is 0. The smallest absolute Gasteiger partial charge is 0.143 e. The lowest BCUT2D eigenvalue weighted by molar-refractivity contribution is 0.934. The molecule has 0 amide bonds. The Morgan fingerprint density at radius 2 is 2.27 bits per heavy atom. The van der Waals surface area contributed by atoms with Gasteiger partial charge in [-0.2, -0.15) is 0 Å². The molecule has 0 unspecified atom stereocenters. The van der Waals surface area contributed by atoms with E-state index in [1.807, 2.05) is 30.7 Å². The van der Waals surface area contributed by atoms with Crippen LogP contribution in [0.4, 0.5) is 5.82 Å². The van der Waals surface area contributed by atoms with E-state index in [1.165, 1.54) is 0 Å². The quantitative estimate of drug-likeness (QED) is 0.819. The van der Waals surface area contributed by atoms with Gasteiger partial charge in [-0.1, -0.05) is 0 Å². The molecule has 0 saturated carbocycles. The van der Waals surface area contributed by atoms with Crippen LogP contribution in [0.25, 0.3) is 5.82 Å². The summed E-state index contributed by atoms with van der Waals surface area (Å²) in [6, 6.07) is 1.90. The SMILES string of the molecule is CCNc1cc(-n2ccnc2)nc(C)n1. The average molecular weight is 203 g/mol. The van der Waals surface area contributed by atoms with Crippen LogP contribution in [0.5, 0.6) is 0 Å². The Kier molecular flexibility index (Phi) is 2.62. The van der Waals surface area contributed by atoms with Crippen molar-refractivity contribution in [2.45, 2.75) is 13.8 Å². The van der Waals surface area contributed by atoms with Crippen molar-refractivity contribution in [1.29, 1.82) is 0 Å². The minimum Gasteiger partial charge on any atom is -0.370 e. The number of nitrogens with one attached hydrogen (secondary N) is 1. The number of imidazole rings is 1. The molecule has 2 aromatic rings. The summed E-state index contributed by atoms with van der Waals surface area (Å²) in [5.74, 6) is 2.42. The summed E-state index contributed by atoms with van der Waals surface area (Å²) in [4.78, 5) is 12.6. The Morgan fingerprint density at radius 3 is 2.93 bits per heavy atom. The van der Waals surface area contributed by atoms with Gasteiger partial charge in [0.2, 0.25) is 0 Å². The largest absolute Gasteiger partial charge is 0.370 e. The van der Waals surface area contributed by atoms with Crippen molar-refractivity contribution in [2.24, 2.45) is 0 Å². The third-order valence-corrected chi connectivity index (χ3v) is 1.95. The van der Waals surface area contributed by atoms with E-state index >= 15 is 0 Å². The second kappa shape index (κ2) is 4.08. The number of nitrogens with zero attached hydrogens (tertiary/aromatic N) is 4. The molecule has 0 aliphatic carbocycles.